The van der Waals surface area contributed by atoms with Gasteiger partial charge >= 0.3 is 0 Å². The molecule has 0 aliphatic rings. The number of para-hydroxylation sites is 1. The number of rotatable bonds is 4. The molecule has 0 aliphatic carbocycles. The molecule has 1 aromatic carbocycles. The average Bonchev–Trinajstić information content (AvgIpc) is 2.16. The van der Waals surface area contributed by atoms with Crippen molar-refractivity contribution in [3.05, 3.63) is 30.3 Å². The Hall–Kier alpha value is -0.730. The van der Waals surface area contributed by atoms with Crippen LogP contribution in [0.1, 0.15) is 0 Å². The first kappa shape index (κ1) is 9.36. The van der Waals surface area contributed by atoms with Crippen LogP contribution in [0.5, 0.6) is 5.75 Å². The van der Waals surface area contributed by atoms with Gasteiger partial charge in [0.1, 0.15) is 5.75 Å². The van der Waals surface area contributed by atoms with Crippen LogP contribution in [0.25, 0.3) is 0 Å². The monoisotopic (exact) mass is 186 g/mol. The molecule has 2 nitrogen and oxygen atoms in total. The number of halogens is 1. The first-order valence-electron chi connectivity index (χ1n) is 3.67. The highest BCUT2D eigenvalue weighted by molar-refractivity contribution is 6.18. The van der Waals surface area contributed by atoms with Crippen molar-refractivity contribution in [2.24, 2.45) is 0 Å². The zero-order valence-corrected chi connectivity index (χ0v) is 7.62. The predicted octanol–water partition coefficient (Wildman–Crippen LogP) is 2.28. The third-order valence-electron chi connectivity index (χ3n) is 1.40. The highest BCUT2D eigenvalue weighted by atomic mass is 35.5. The number of methoxy groups -OCH3 is 1. The van der Waals surface area contributed by atoms with Gasteiger partial charge in [0.25, 0.3) is 0 Å². The molecule has 0 aromatic heterocycles. The molecule has 1 aromatic rings. The molecule has 3 heteroatoms. The average molecular weight is 187 g/mol. The second kappa shape index (κ2) is 5.01. The van der Waals surface area contributed by atoms with Gasteiger partial charge in [-0.1, -0.05) is 18.2 Å². The third kappa shape index (κ3) is 2.72. The fraction of sp³-hybridized carbons (Fsp3) is 0.333. The van der Waals surface area contributed by atoms with Crippen LogP contribution in [0.3, 0.4) is 0 Å². The van der Waals surface area contributed by atoms with E-state index in [0.717, 1.165) is 5.75 Å². The molecular formula is C9H11ClO2. The van der Waals surface area contributed by atoms with Crippen molar-refractivity contribution in [2.45, 2.75) is 6.29 Å². The van der Waals surface area contributed by atoms with Crippen LogP contribution in [0.2, 0.25) is 0 Å². The second-order valence-electron chi connectivity index (χ2n) is 2.25. The number of benzene rings is 1. The lowest BCUT2D eigenvalue weighted by molar-refractivity contribution is -0.0355. The van der Waals surface area contributed by atoms with Gasteiger partial charge in [0.05, 0.1) is 5.88 Å². The van der Waals surface area contributed by atoms with Crippen LogP contribution >= 0.6 is 11.6 Å². The Morgan fingerprint density at radius 1 is 1.33 bits per heavy atom. The lowest BCUT2D eigenvalue weighted by Crippen LogP contribution is -2.20. The van der Waals surface area contributed by atoms with Crippen molar-refractivity contribution in [2.75, 3.05) is 13.0 Å². The number of hydrogen-bond donors (Lipinski definition) is 0. The topological polar surface area (TPSA) is 18.5 Å². The van der Waals surface area contributed by atoms with E-state index in [4.69, 9.17) is 21.1 Å². The molecule has 0 spiro atoms. The van der Waals surface area contributed by atoms with Crippen molar-refractivity contribution in [1.29, 1.82) is 0 Å². The molecule has 0 radical (unpaired) electrons. The largest absolute Gasteiger partial charge is 0.464 e. The lowest BCUT2D eigenvalue weighted by atomic mass is 10.3. The first-order valence-corrected chi connectivity index (χ1v) is 4.20. The maximum atomic E-state index is 5.57. The fourth-order valence-corrected chi connectivity index (χ4v) is 0.982. The Morgan fingerprint density at radius 2 is 2.00 bits per heavy atom. The number of hydrogen-bond acceptors (Lipinski definition) is 2. The van der Waals surface area contributed by atoms with Gasteiger partial charge in [-0.15, -0.1) is 11.6 Å². The van der Waals surface area contributed by atoms with E-state index in [-0.39, 0.29) is 6.29 Å². The van der Waals surface area contributed by atoms with Gasteiger partial charge in [-0.25, -0.2) is 0 Å². The van der Waals surface area contributed by atoms with Gasteiger partial charge in [0.2, 0.25) is 6.29 Å². The van der Waals surface area contributed by atoms with Crippen LogP contribution in [0, 0.1) is 0 Å². The van der Waals surface area contributed by atoms with Crippen molar-refractivity contribution in [1.82, 2.24) is 0 Å². The van der Waals surface area contributed by atoms with E-state index in [9.17, 15) is 0 Å². The Bertz CT molecular complexity index is 209. The smallest absolute Gasteiger partial charge is 0.213 e. The Morgan fingerprint density at radius 3 is 2.50 bits per heavy atom. The zero-order valence-electron chi connectivity index (χ0n) is 6.87. The number of alkyl halides is 1. The molecule has 0 heterocycles. The Labute approximate surface area is 77.1 Å². The zero-order chi connectivity index (χ0) is 8.81. The van der Waals surface area contributed by atoms with Crippen LogP contribution in [-0.2, 0) is 4.74 Å². The summed E-state index contributed by atoms with van der Waals surface area (Å²) in [5, 5.41) is 0. The molecule has 0 N–H and O–H groups in total. The normalized spacial score (nSPS) is 12.5. The summed E-state index contributed by atoms with van der Waals surface area (Å²) in [6.45, 7) is 0. The molecule has 0 fully saturated rings. The highest BCUT2D eigenvalue weighted by Crippen LogP contribution is 2.11. The summed E-state index contributed by atoms with van der Waals surface area (Å²) >= 11 is 5.57. The van der Waals surface area contributed by atoms with Crippen LogP contribution in [-0.4, -0.2) is 19.3 Å². The first-order chi connectivity index (χ1) is 5.86. The summed E-state index contributed by atoms with van der Waals surface area (Å²) in [7, 11) is 1.57. The lowest BCUT2D eigenvalue weighted by Gasteiger charge is -2.13. The standard InChI is InChI=1S/C9H11ClO2/c1-11-9(7-10)12-8-5-3-2-4-6-8/h2-6,9H,7H2,1H3. The summed E-state index contributed by atoms with van der Waals surface area (Å²) in [5.74, 6) is 1.09. The highest BCUT2D eigenvalue weighted by Gasteiger charge is 2.05. The molecular weight excluding hydrogens is 176 g/mol. The van der Waals surface area contributed by atoms with E-state index in [1.54, 1.807) is 7.11 Å². The minimum atomic E-state index is -0.367. The molecule has 1 atom stereocenters. The van der Waals surface area contributed by atoms with Gasteiger partial charge in [0.15, 0.2) is 0 Å². The molecule has 12 heavy (non-hydrogen) atoms. The third-order valence-corrected chi connectivity index (χ3v) is 1.65. The van der Waals surface area contributed by atoms with E-state index < -0.39 is 0 Å². The van der Waals surface area contributed by atoms with Crippen molar-refractivity contribution in [3.8, 4) is 5.75 Å². The molecule has 1 rings (SSSR count). The Balaban J connectivity index is 2.51. The van der Waals surface area contributed by atoms with Crippen LogP contribution in [0.4, 0.5) is 0 Å². The van der Waals surface area contributed by atoms with Crippen LogP contribution in [0.15, 0.2) is 30.3 Å². The van der Waals surface area contributed by atoms with Crippen molar-refractivity contribution < 1.29 is 9.47 Å². The fourth-order valence-electron chi connectivity index (χ4n) is 0.793. The van der Waals surface area contributed by atoms with Gasteiger partial charge < -0.3 is 9.47 Å². The van der Waals surface area contributed by atoms with Crippen LogP contribution < -0.4 is 4.74 Å². The maximum absolute atomic E-state index is 5.57. The molecule has 0 aliphatic heterocycles. The second-order valence-corrected chi connectivity index (χ2v) is 2.56. The summed E-state index contributed by atoms with van der Waals surface area (Å²) in [6.07, 6.45) is -0.367. The SMILES string of the molecule is COC(CCl)Oc1ccccc1. The van der Waals surface area contributed by atoms with E-state index in [1.807, 2.05) is 30.3 Å². The summed E-state index contributed by atoms with van der Waals surface area (Å²) in [5.41, 5.74) is 0. The van der Waals surface area contributed by atoms with E-state index in [0.29, 0.717) is 5.88 Å². The summed E-state index contributed by atoms with van der Waals surface area (Å²) in [4.78, 5) is 0. The van der Waals surface area contributed by atoms with Gasteiger partial charge in [-0.05, 0) is 12.1 Å². The van der Waals surface area contributed by atoms with Crippen molar-refractivity contribution in [3.63, 3.8) is 0 Å². The maximum Gasteiger partial charge on any atom is 0.213 e. The van der Waals surface area contributed by atoms with Crippen molar-refractivity contribution >= 4 is 11.6 Å². The molecule has 66 valence electrons. The Kier molecular flexibility index (Phi) is 3.91. The van der Waals surface area contributed by atoms with E-state index in [2.05, 4.69) is 0 Å². The minimum absolute atomic E-state index is 0.325. The summed E-state index contributed by atoms with van der Waals surface area (Å²) in [6, 6.07) is 9.44. The molecule has 1 unspecified atom stereocenters. The van der Waals surface area contributed by atoms with Gasteiger partial charge in [-0.2, -0.15) is 0 Å². The minimum Gasteiger partial charge on any atom is -0.464 e. The van der Waals surface area contributed by atoms with Gasteiger partial charge in [0, 0.05) is 7.11 Å². The molecule has 0 saturated carbocycles. The van der Waals surface area contributed by atoms with E-state index in [1.165, 1.54) is 0 Å². The molecule has 0 saturated heterocycles. The predicted molar refractivity (Wildman–Crippen MR) is 48.6 cm³/mol. The molecule has 0 bridgehead atoms. The van der Waals surface area contributed by atoms with Gasteiger partial charge in [-0.3, -0.25) is 0 Å². The quantitative estimate of drug-likeness (QED) is 0.531. The number of ether oxygens (including phenoxy) is 2. The van der Waals surface area contributed by atoms with E-state index >= 15 is 0 Å². The molecule has 0 amide bonds. The summed E-state index contributed by atoms with van der Waals surface area (Å²) < 4.78 is 10.3.